The average molecular weight is 368 g/mol. The van der Waals surface area contributed by atoms with Gasteiger partial charge in [-0.05, 0) is 58.9 Å². The lowest BCUT2D eigenvalue weighted by Crippen LogP contribution is -2.44. The van der Waals surface area contributed by atoms with Crippen LogP contribution in [0.3, 0.4) is 0 Å². The number of carbonyl (C=O) groups excluding carboxylic acids is 1. The van der Waals surface area contributed by atoms with Gasteiger partial charge in [0, 0.05) is 31.0 Å². The highest BCUT2D eigenvalue weighted by Gasteiger charge is 2.40. The zero-order chi connectivity index (χ0) is 18.6. The van der Waals surface area contributed by atoms with Crippen molar-refractivity contribution in [2.75, 3.05) is 13.3 Å². The Morgan fingerprint density at radius 1 is 1.24 bits per heavy atom. The fourth-order valence-electron chi connectivity index (χ4n) is 3.89. The van der Waals surface area contributed by atoms with Crippen molar-refractivity contribution in [2.24, 2.45) is 0 Å². The molecule has 0 aromatic carbocycles. The Balaban J connectivity index is 1.88. The smallest absolute Gasteiger partial charge is 0.274 e. The summed E-state index contributed by atoms with van der Waals surface area (Å²) < 4.78 is 26.0. The van der Waals surface area contributed by atoms with E-state index < -0.39 is 15.1 Å². The molecule has 1 heterocycles. The second kappa shape index (κ2) is 6.11. The van der Waals surface area contributed by atoms with Gasteiger partial charge < -0.3 is 4.90 Å². The van der Waals surface area contributed by atoms with Crippen molar-refractivity contribution < 1.29 is 13.2 Å². The van der Waals surface area contributed by atoms with Gasteiger partial charge in [0.2, 0.25) is 0 Å². The molecule has 0 radical (unpaired) electrons. The fourth-order valence-corrected chi connectivity index (χ4v) is 5.37. The Bertz CT molecular complexity index is 772. The third-order valence-corrected chi connectivity index (χ3v) is 7.02. The lowest BCUT2D eigenvalue weighted by molar-refractivity contribution is 0.0729. The van der Waals surface area contributed by atoms with Crippen LogP contribution < -0.4 is 0 Å². The summed E-state index contributed by atoms with van der Waals surface area (Å²) in [4.78, 5) is 14.6. The Hall–Kier alpha value is -1.37. The molecule has 0 spiro atoms. The first-order valence-corrected chi connectivity index (χ1v) is 11.0. The highest BCUT2D eigenvalue weighted by molar-refractivity contribution is 7.91. The summed E-state index contributed by atoms with van der Waals surface area (Å²) in [6, 6.07) is 1.65. The van der Waals surface area contributed by atoms with E-state index in [0.29, 0.717) is 18.0 Å². The average Bonchev–Trinajstić information content (AvgIpc) is 3.03. The second-order valence-electron chi connectivity index (χ2n) is 8.59. The molecule has 140 valence electrons. The Morgan fingerprint density at radius 2 is 1.88 bits per heavy atom. The molecule has 2 aliphatic carbocycles. The van der Waals surface area contributed by atoms with Gasteiger partial charge in [0.1, 0.15) is 0 Å². The largest absolute Gasteiger partial charge is 0.336 e. The number of rotatable bonds is 4. The van der Waals surface area contributed by atoms with Crippen LogP contribution in [0.4, 0.5) is 0 Å². The summed E-state index contributed by atoms with van der Waals surface area (Å²) in [5.74, 6) is 0.319. The van der Waals surface area contributed by atoms with Crippen molar-refractivity contribution in [3.8, 4) is 0 Å². The summed E-state index contributed by atoms with van der Waals surface area (Å²) in [5, 5.41) is 4.13. The van der Waals surface area contributed by atoms with E-state index in [1.54, 1.807) is 11.9 Å². The van der Waals surface area contributed by atoms with Gasteiger partial charge in [0.05, 0.1) is 10.8 Å². The lowest BCUT2D eigenvalue weighted by Gasteiger charge is -2.28. The zero-order valence-corrected chi connectivity index (χ0v) is 16.6. The molecule has 2 saturated carbocycles. The molecule has 2 atom stereocenters. The first kappa shape index (κ1) is 18.4. The van der Waals surface area contributed by atoms with E-state index in [0.717, 1.165) is 31.4 Å². The molecular weight excluding hydrogens is 338 g/mol. The quantitative estimate of drug-likeness (QED) is 0.820. The maximum atomic E-state index is 13.0. The molecule has 7 heteroatoms. The molecule has 0 bridgehead atoms. The number of sulfone groups is 1. The van der Waals surface area contributed by atoms with Gasteiger partial charge in [-0.25, -0.2) is 8.42 Å². The normalized spacial score (nSPS) is 24.5. The van der Waals surface area contributed by atoms with Crippen LogP contribution in [-0.2, 0) is 15.4 Å². The van der Waals surface area contributed by atoms with Gasteiger partial charge in [0.15, 0.2) is 15.5 Å². The van der Waals surface area contributed by atoms with Crippen molar-refractivity contribution >= 4 is 15.7 Å². The van der Waals surface area contributed by atoms with Crippen molar-refractivity contribution in [2.45, 2.75) is 75.6 Å². The fraction of sp³-hybridized carbons (Fsp3) is 0.778. The van der Waals surface area contributed by atoms with E-state index in [4.69, 9.17) is 0 Å². The van der Waals surface area contributed by atoms with Gasteiger partial charge in [-0.1, -0.05) is 0 Å². The van der Waals surface area contributed by atoms with Crippen LogP contribution in [0.1, 0.15) is 75.0 Å². The summed E-state index contributed by atoms with van der Waals surface area (Å²) in [7, 11) is -1.45. The second-order valence-corrected chi connectivity index (χ2v) is 10.9. The predicted molar refractivity (Wildman–Crippen MR) is 97.6 cm³/mol. The summed E-state index contributed by atoms with van der Waals surface area (Å²) in [5.41, 5.74) is 1.37. The van der Waals surface area contributed by atoms with Crippen LogP contribution >= 0.6 is 0 Å². The lowest BCUT2D eigenvalue weighted by atomic mass is 10.1. The molecule has 0 unspecified atom stereocenters. The van der Waals surface area contributed by atoms with Gasteiger partial charge in [-0.2, -0.15) is 5.10 Å². The van der Waals surface area contributed by atoms with E-state index in [-0.39, 0.29) is 17.5 Å². The molecule has 3 rings (SSSR count). The SMILES string of the molecule is CN(C(=O)c1cc(C2CC2)n(C(C)(C)C)n1)[C@@H]1CCC[C@@H]1S(C)(=O)=O. The minimum atomic E-state index is -3.16. The highest BCUT2D eigenvalue weighted by Crippen LogP contribution is 2.42. The molecule has 0 N–H and O–H groups in total. The molecule has 2 fully saturated rings. The van der Waals surface area contributed by atoms with E-state index in [2.05, 4.69) is 25.9 Å². The van der Waals surface area contributed by atoms with Crippen LogP contribution in [0.15, 0.2) is 6.07 Å². The predicted octanol–water partition coefficient (Wildman–Crippen LogP) is 2.55. The topological polar surface area (TPSA) is 72.3 Å². The van der Waals surface area contributed by atoms with Crippen molar-refractivity contribution in [3.05, 3.63) is 17.5 Å². The third kappa shape index (κ3) is 3.61. The van der Waals surface area contributed by atoms with Crippen LogP contribution in [-0.4, -0.2) is 53.6 Å². The maximum absolute atomic E-state index is 13.0. The van der Waals surface area contributed by atoms with E-state index in [9.17, 15) is 13.2 Å². The number of nitrogens with zero attached hydrogens (tertiary/aromatic N) is 3. The maximum Gasteiger partial charge on any atom is 0.274 e. The number of amides is 1. The number of hydrogen-bond donors (Lipinski definition) is 0. The molecule has 25 heavy (non-hydrogen) atoms. The minimum absolute atomic E-state index is 0.176. The van der Waals surface area contributed by atoms with Crippen LogP contribution in [0.25, 0.3) is 0 Å². The molecular formula is C18H29N3O3S. The summed E-state index contributed by atoms with van der Waals surface area (Å²) in [6.45, 7) is 6.25. The minimum Gasteiger partial charge on any atom is -0.336 e. The van der Waals surface area contributed by atoms with Gasteiger partial charge >= 0.3 is 0 Å². The molecule has 1 aromatic rings. The van der Waals surface area contributed by atoms with Gasteiger partial charge in [0.25, 0.3) is 5.91 Å². The highest BCUT2D eigenvalue weighted by atomic mass is 32.2. The summed E-state index contributed by atoms with van der Waals surface area (Å²) in [6.07, 6.45) is 5.76. The monoisotopic (exact) mass is 367 g/mol. The molecule has 2 aliphatic rings. The van der Waals surface area contributed by atoms with Crippen LogP contribution in [0.2, 0.25) is 0 Å². The number of carbonyl (C=O) groups is 1. The van der Waals surface area contributed by atoms with Crippen molar-refractivity contribution in [1.29, 1.82) is 0 Å². The van der Waals surface area contributed by atoms with Crippen molar-refractivity contribution in [1.82, 2.24) is 14.7 Å². The Kier molecular flexibility index (Phi) is 4.50. The molecule has 1 aromatic heterocycles. The molecule has 0 saturated heterocycles. The summed E-state index contributed by atoms with van der Waals surface area (Å²) >= 11 is 0. The van der Waals surface area contributed by atoms with E-state index in [1.807, 2.05) is 10.7 Å². The van der Waals surface area contributed by atoms with Crippen LogP contribution in [0, 0.1) is 0 Å². The molecule has 1 amide bonds. The number of hydrogen-bond acceptors (Lipinski definition) is 4. The Labute approximate surface area is 150 Å². The van der Waals surface area contributed by atoms with Gasteiger partial charge in [-0.3, -0.25) is 9.48 Å². The standard InChI is InChI=1S/C18H29N3O3S/c1-18(2,3)21-15(12-9-10-12)11-13(19-21)17(22)20(4)14-7-6-8-16(14)25(5,23)24/h11-12,14,16H,6-10H2,1-5H3/t14-,16+/m1/s1. The van der Waals surface area contributed by atoms with Gasteiger partial charge in [-0.15, -0.1) is 0 Å². The Morgan fingerprint density at radius 3 is 2.40 bits per heavy atom. The molecule has 6 nitrogen and oxygen atoms in total. The van der Waals surface area contributed by atoms with E-state index >= 15 is 0 Å². The first-order chi connectivity index (χ1) is 11.5. The van der Waals surface area contributed by atoms with Crippen molar-refractivity contribution in [3.63, 3.8) is 0 Å². The third-order valence-electron chi connectivity index (χ3n) is 5.37. The molecule has 0 aliphatic heterocycles. The van der Waals surface area contributed by atoms with Crippen LogP contribution in [0.5, 0.6) is 0 Å². The number of aromatic nitrogens is 2. The first-order valence-electron chi connectivity index (χ1n) is 9.06. The van der Waals surface area contributed by atoms with E-state index in [1.165, 1.54) is 6.26 Å². The zero-order valence-electron chi connectivity index (χ0n) is 15.8.